The predicted octanol–water partition coefficient (Wildman–Crippen LogP) is 1.82. The number of aromatic nitrogens is 2. The molecule has 3 rings (SSSR count). The van der Waals surface area contributed by atoms with E-state index in [4.69, 9.17) is 16.3 Å². The Kier molecular flexibility index (Phi) is 5.04. The van der Waals surface area contributed by atoms with Crippen LogP contribution in [0.15, 0.2) is 35.6 Å². The topological polar surface area (TPSA) is 122 Å². The zero-order valence-electron chi connectivity index (χ0n) is 14.0. The van der Waals surface area contributed by atoms with Crippen LogP contribution in [0.2, 0.25) is 5.02 Å². The highest BCUT2D eigenvalue weighted by molar-refractivity contribution is 6.31. The predicted molar refractivity (Wildman–Crippen MR) is 96.4 cm³/mol. The Bertz CT molecular complexity index is 967. The number of allylic oxidation sites excluding steroid dienone is 1. The van der Waals surface area contributed by atoms with Crippen LogP contribution in [0.5, 0.6) is 6.01 Å². The molecule has 1 saturated heterocycles. The van der Waals surface area contributed by atoms with Gasteiger partial charge in [-0.05, 0) is 18.2 Å². The molecule has 1 amide bonds. The summed E-state index contributed by atoms with van der Waals surface area (Å²) in [5.41, 5.74) is -0.0416. The Labute approximate surface area is 158 Å². The fourth-order valence-corrected chi connectivity index (χ4v) is 3.20. The molecule has 2 aromatic rings. The van der Waals surface area contributed by atoms with Crippen molar-refractivity contribution in [3.8, 4) is 6.01 Å². The lowest BCUT2D eigenvalue weighted by molar-refractivity contribution is -0.141. The van der Waals surface area contributed by atoms with Crippen LogP contribution in [0, 0.1) is 0 Å². The Balaban J connectivity index is 2.00. The lowest BCUT2D eigenvalue weighted by atomic mass is 10.2. The largest absolute Gasteiger partial charge is 0.480 e. The maximum Gasteiger partial charge on any atom is 0.408 e. The van der Waals surface area contributed by atoms with Gasteiger partial charge in [0, 0.05) is 18.0 Å². The Hall–Kier alpha value is -3.07. The molecule has 2 heterocycles. The van der Waals surface area contributed by atoms with Gasteiger partial charge in [0.1, 0.15) is 12.1 Å². The number of carboxylic acid groups (broad SMARTS) is 2. The standard InChI is InChI=1S/C17H16ClN3O6/c1-2-5-20-14(22)11-4-3-9(18)6-12(11)19-16(20)27-10-7-13(15(23)24)21(8-10)17(25)26/h2-4,6,10,13H,1,5,7-8H2,(H,23,24)(H,25,26)/t10-,13+/m1/s1. The number of amides is 1. The summed E-state index contributed by atoms with van der Waals surface area (Å²) in [6.45, 7) is 3.58. The van der Waals surface area contributed by atoms with Gasteiger partial charge in [0.2, 0.25) is 0 Å². The third-order valence-corrected chi connectivity index (χ3v) is 4.49. The van der Waals surface area contributed by atoms with Crippen molar-refractivity contribution in [1.29, 1.82) is 0 Å². The van der Waals surface area contributed by atoms with Crippen LogP contribution in [-0.2, 0) is 11.3 Å². The molecule has 0 unspecified atom stereocenters. The van der Waals surface area contributed by atoms with Crippen molar-refractivity contribution in [2.24, 2.45) is 0 Å². The Morgan fingerprint density at radius 2 is 2.15 bits per heavy atom. The van der Waals surface area contributed by atoms with Crippen LogP contribution in [-0.4, -0.2) is 55.4 Å². The van der Waals surface area contributed by atoms with E-state index in [0.717, 1.165) is 4.90 Å². The third-order valence-electron chi connectivity index (χ3n) is 4.26. The fraction of sp³-hybridized carbons (Fsp3) is 0.294. The van der Waals surface area contributed by atoms with Gasteiger partial charge in [-0.2, -0.15) is 4.98 Å². The van der Waals surface area contributed by atoms with Crippen molar-refractivity contribution in [2.45, 2.75) is 25.1 Å². The van der Waals surface area contributed by atoms with Gasteiger partial charge in [0.15, 0.2) is 0 Å². The quantitative estimate of drug-likeness (QED) is 0.743. The van der Waals surface area contributed by atoms with Gasteiger partial charge in [-0.1, -0.05) is 17.7 Å². The number of halogens is 1. The molecular weight excluding hydrogens is 378 g/mol. The smallest absolute Gasteiger partial charge is 0.408 e. The van der Waals surface area contributed by atoms with E-state index in [1.54, 1.807) is 12.1 Å². The second-order valence-corrected chi connectivity index (χ2v) is 6.46. The normalized spacial score (nSPS) is 19.2. The lowest BCUT2D eigenvalue weighted by Crippen LogP contribution is -2.39. The highest BCUT2D eigenvalue weighted by Gasteiger charge is 2.41. The molecule has 0 aliphatic carbocycles. The summed E-state index contributed by atoms with van der Waals surface area (Å²) in [7, 11) is 0. The molecule has 2 N–H and O–H groups in total. The van der Waals surface area contributed by atoms with Crippen molar-refractivity contribution in [3.05, 3.63) is 46.2 Å². The molecule has 1 aliphatic heterocycles. The van der Waals surface area contributed by atoms with Gasteiger partial charge >= 0.3 is 12.1 Å². The number of hydrogen-bond acceptors (Lipinski definition) is 5. The van der Waals surface area contributed by atoms with E-state index in [-0.39, 0.29) is 31.1 Å². The second-order valence-electron chi connectivity index (χ2n) is 6.02. The highest BCUT2D eigenvalue weighted by Crippen LogP contribution is 2.24. The van der Waals surface area contributed by atoms with E-state index in [2.05, 4.69) is 11.6 Å². The minimum Gasteiger partial charge on any atom is -0.480 e. The maximum atomic E-state index is 12.7. The minimum absolute atomic E-state index is 0.0453. The van der Waals surface area contributed by atoms with Crippen LogP contribution < -0.4 is 10.3 Å². The van der Waals surface area contributed by atoms with E-state index in [9.17, 15) is 24.6 Å². The first kappa shape index (κ1) is 18.7. The molecule has 2 atom stereocenters. The molecule has 0 radical (unpaired) electrons. The summed E-state index contributed by atoms with van der Waals surface area (Å²) in [4.78, 5) is 40.4. The minimum atomic E-state index is -1.35. The molecule has 0 bridgehead atoms. The molecule has 10 heteroatoms. The molecule has 1 fully saturated rings. The number of likely N-dealkylation sites (tertiary alicyclic amines) is 1. The molecule has 142 valence electrons. The van der Waals surface area contributed by atoms with Gasteiger partial charge in [-0.25, -0.2) is 9.59 Å². The fourth-order valence-electron chi connectivity index (χ4n) is 3.03. The highest BCUT2D eigenvalue weighted by atomic mass is 35.5. The van der Waals surface area contributed by atoms with Crippen LogP contribution >= 0.6 is 11.6 Å². The SMILES string of the molecule is C=CCn1c(O[C@@H]2C[C@@H](C(=O)O)N(C(=O)O)C2)nc2cc(Cl)ccc2c1=O. The van der Waals surface area contributed by atoms with E-state index in [1.807, 2.05) is 0 Å². The number of ether oxygens (including phenoxy) is 1. The summed E-state index contributed by atoms with van der Waals surface area (Å²) >= 11 is 5.96. The van der Waals surface area contributed by atoms with E-state index in [1.165, 1.54) is 16.7 Å². The molecule has 0 saturated carbocycles. The molecule has 9 nitrogen and oxygen atoms in total. The van der Waals surface area contributed by atoms with E-state index in [0.29, 0.717) is 15.9 Å². The Morgan fingerprint density at radius 1 is 1.41 bits per heavy atom. The van der Waals surface area contributed by atoms with Crippen molar-refractivity contribution < 1.29 is 24.5 Å². The first-order chi connectivity index (χ1) is 12.8. The average molecular weight is 394 g/mol. The maximum absolute atomic E-state index is 12.7. The van der Waals surface area contributed by atoms with Crippen LogP contribution in [0.25, 0.3) is 10.9 Å². The number of rotatable bonds is 5. The monoisotopic (exact) mass is 393 g/mol. The summed E-state index contributed by atoms with van der Waals surface area (Å²) in [6, 6.07) is 3.38. The number of hydrogen-bond donors (Lipinski definition) is 2. The molecular formula is C17H16ClN3O6. The van der Waals surface area contributed by atoms with Crippen molar-refractivity contribution in [2.75, 3.05) is 6.54 Å². The number of fused-ring (bicyclic) bond motifs is 1. The van der Waals surface area contributed by atoms with Crippen molar-refractivity contribution in [1.82, 2.24) is 14.5 Å². The third kappa shape index (κ3) is 3.59. The van der Waals surface area contributed by atoms with Crippen LogP contribution in [0.3, 0.4) is 0 Å². The molecule has 0 spiro atoms. The average Bonchev–Trinajstić information content (AvgIpc) is 3.02. The Morgan fingerprint density at radius 3 is 2.74 bits per heavy atom. The summed E-state index contributed by atoms with van der Waals surface area (Å²) < 4.78 is 6.99. The van der Waals surface area contributed by atoms with E-state index >= 15 is 0 Å². The number of aliphatic carboxylic acids is 1. The first-order valence-electron chi connectivity index (χ1n) is 8.02. The van der Waals surface area contributed by atoms with Crippen LogP contribution in [0.1, 0.15) is 6.42 Å². The summed E-state index contributed by atoms with van der Waals surface area (Å²) in [5.74, 6) is -1.26. The molecule has 27 heavy (non-hydrogen) atoms. The van der Waals surface area contributed by atoms with Gasteiger partial charge < -0.3 is 14.9 Å². The van der Waals surface area contributed by atoms with Gasteiger partial charge in [0.25, 0.3) is 11.6 Å². The first-order valence-corrected chi connectivity index (χ1v) is 8.39. The van der Waals surface area contributed by atoms with Crippen LogP contribution in [0.4, 0.5) is 4.79 Å². The number of carboxylic acids is 1. The molecule has 1 aromatic heterocycles. The van der Waals surface area contributed by atoms with Gasteiger partial charge in [-0.15, -0.1) is 6.58 Å². The lowest BCUT2D eigenvalue weighted by Gasteiger charge is -2.17. The number of carbonyl (C=O) groups is 2. The number of benzene rings is 1. The second kappa shape index (κ2) is 7.28. The summed E-state index contributed by atoms with van der Waals surface area (Å²) in [6.07, 6.45) is -0.674. The number of nitrogens with zero attached hydrogens (tertiary/aromatic N) is 3. The van der Waals surface area contributed by atoms with Gasteiger partial charge in [-0.3, -0.25) is 14.3 Å². The molecule has 1 aromatic carbocycles. The van der Waals surface area contributed by atoms with Crippen molar-refractivity contribution in [3.63, 3.8) is 0 Å². The van der Waals surface area contributed by atoms with Crippen molar-refractivity contribution >= 4 is 34.6 Å². The summed E-state index contributed by atoms with van der Waals surface area (Å²) in [5, 5.41) is 19.1. The van der Waals surface area contributed by atoms with E-state index < -0.39 is 24.2 Å². The zero-order chi connectivity index (χ0) is 19.7. The molecule has 1 aliphatic rings. The van der Waals surface area contributed by atoms with Gasteiger partial charge in [0.05, 0.1) is 17.4 Å². The zero-order valence-corrected chi connectivity index (χ0v) is 14.8.